The topological polar surface area (TPSA) is 87.7 Å². The summed E-state index contributed by atoms with van der Waals surface area (Å²) in [5, 5.41) is 0. The Morgan fingerprint density at radius 1 is 0.972 bits per heavy atom. The second-order valence-electron chi connectivity index (χ2n) is 10.1. The summed E-state index contributed by atoms with van der Waals surface area (Å²) in [6, 6.07) is 11.4. The molecular weight excluding hydrogens is 475 g/mol. The fraction of sp³-hybridized carbons (Fsp3) is 0.423. The summed E-state index contributed by atoms with van der Waals surface area (Å²) in [4.78, 5) is 39.2. The van der Waals surface area contributed by atoms with Crippen LogP contribution in [0.15, 0.2) is 48.5 Å². The molecule has 10 heteroatoms. The van der Waals surface area contributed by atoms with Crippen LogP contribution >= 0.6 is 0 Å². The number of benzene rings is 2. The Hall–Kier alpha value is -3.56. The summed E-state index contributed by atoms with van der Waals surface area (Å²) >= 11 is 0. The minimum absolute atomic E-state index is 0.147. The van der Waals surface area contributed by atoms with Gasteiger partial charge in [0.1, 0.15) is 5.60 Å². The summed E-state index contributed by atoms with van der Waals surface area (Å²) in [6.45, 7) is 5.41. The average Bonchev–Trinajstić information content (AvgIpc) is 3.57. The molecule has 3 amide bonds. The van der Waals surface area contributed by atoms with Gasteiger partial charge in [-0.3, -0.25) is 20.4 Å². The zero-order valence-corrected chi connectivity index (χ0v) is 20.7. The van der Waals surface area contributed by atoms with Crippen LogP contribution in [0.5, 0.6) is 0 Å². The lowest BCUT2D eigenvalue weighted by Gasteiger charge is -2.27. The van der Waals surface area contributed by atoms with Crippen LogP contribution in [0.25, 0.3) is 0 Å². The molecule has 0 aromatic heterocycles. The summed E-state index contributed by atoms with van der Waals surface area (Å²) in [5.41, 5.74) is 4.14. The van der Waals surface area contributed by atoms with Crippen LogP contribution in [-0.2, 0) is 22.1 Å². The third-order valence-electron chi connectivity index (χ3n) is 5.81. The molecule has 1 saturated carbocycles. The van der Waals surface area contributed by atoms with Gasteiger partial charge in [-0.15, -0.1) is 0 Å². The Balaban J connectivity index is 1.60. The van der Waals surface area contributed by atoms with E-state index in [-0.39, 0.29) is 18.5 Å². The molecule has 1 fully saturated rings. The van der Waals surface area contributed by atoms with Crippen LogP contribution in [0.3, 0.4) is 0 Å². The molecule has 0 atom stereocenters. The molecule has 0 unspecified atom stereocenters. The Morgan fingerprint density at radius 2 is 1.58 bits per heavy atom. The van der Waals surface area contributed by atoms with E-state index in [9.17, 15) is 27.6 Å². The van der Waals surface area contributed by atoms with Crippen molar-refractivity contribution in [2.24, 2.45) is 5.41 Å². The van der Waals surface area contributed by atoms with Gasteiger partial charge in [0.25, 0.3) is 5.91 Å². The molecule has 2 aromatic rings. The number of ether oxygens (including phenoxy) is 1. The molecule has 0 spiro atoms. The van der Waals surface area contributed by atoms with Gasteiger partial charge in [0.05, 0.1) is 11.0 Å². The van der Waals surface area contributed by atoms with E-state index in [1.165, 1.54) is 17.0 Å². The van der Waals surface area contributed by atoms with Crippen molar-refractivity contribution in [3.63, 3.8) is 0 Å². The average molecular weight is 506 g/mol. The van der Waals surface area contributed by atoms with Crippen LogP contribution < -0.4 is 10.9 Å². The molecule has 0 radical (unpaired) electrons. The van der Waals surface area contributed by atoms with Gasteiger partial charge in [0.2, 0.25) is 5.91 Å². The van der Waals surface area contributed by atoms with E-state index in [1.54, 1.807) is 52.1 Å². The highest BCUT2D eigenvalue weighted by molar-refractivity contribution is 5.97. The first-order chi connectivity index (χ1) is 16.7. The first-order valence-corrected chi connectivity index (χ1v) is 11.5. The van der Waals surface area contributed by atoms with Crippen molar-refractivity contribution in [1.29, 1.82) is 0 Å². The van der Waals surface area contributed by atoms with Gasteiger partial charge in [-0.25, -0.2) is 4.79 Å². The highest BCUT2D eigenvalue weighted by Crippen LogP contribution is 2.46. The molecule has 36 heavy (non-hydrogen) atoms. The minimum Gasteiger partial charge on any atom is -0.444 e. The van der Waals surface area contributed by atoms with Crippen LogP contribution in [0.1, 0.15) is 60.7 Å². The monoisotopic (exact) mass is 505 g/mol. The number of carbonyl (C=O) groups is 3. The highest BCUT2D eigenvalue weighted by Gasteiger charge is 2.51. The first kappa shape index (κ1) is 27.0. The van der Waals surface area contributed by atoms with Gasteiger partial charge in [0, 0.05) is 19.2 Å². The Bertz CT molecular complexity index is 1120. The van der Waals surface area contributed by atoms with Crippen LogP contribution in [0.4, 0.5) is 18.0 Å². The van der Waals surface area contributed by atoms with E-state index < -0.39 is 40.7 Å². The summed E-state index contributed by atoms with van der Waals surface area (Å²) in [5.74, 6) is -0.964. The Kier molecular flexibility index (Phi) is 7.66. The largest absolute Gasteiger partial charge is 0.444 e. The lowest BCUT2D eigenvalue weighted by molar-refractivity contribution is -0.137. The van der Waals surface area contributed by atoms with Crippen molar-refractivity contribution in [2.45, 2.75) is 51.8 Å². The zero-order chi connectivity index (χ0) is 26.7. The number of nitrogens with one attached hydrogen (secondary N) is 2. The van der Waals surface area contributed by atoms with Crippen molar-refractivity contribution in [2.75, 3.05) is 13.6 Å². The molecule has 0 saturated heterocycles. The summed E-state index contributed by atoms with van der Waals surface area (Å²) in [7, 11) is 1.55. The molecule has 2 aromatic carbocycles. The molecule has 3 rings (SSSR count). The number of hydrazine groups is 1. The highest BCUT2D eigenvalue weighted by atomic mass is 19.4. The summed E-state index contributed by atoms with van der Waals surface area (Å²) < 4.78 is 43.8. The first-order valence-electron chi connectivity index (χ1n) is 11.5. The van der Waals surface area contributed by atoms with Crippen molar-refractivity contribution >= 4 is 17.9 Å². The van der Waals surface area contributed by atoms with Crippen molar-refractivity contribution < 1.29 is 32.3 Å². The van der Waals surface area contributed by atoms with Crippen molar-refractivity contribution in [3.8, 4) is 0 Å². The molecule has 0 aliphatic heterocycles. The number of nitrogens with zero attached hydrogens (tertiary/aromatic N) is 1. The van der Waals surface area contributed by atoms with E-state index in [0.29, 0.717) is 24.0 Å². The zero-order valence-electron chi connectivity index (χ0n) is 20.7. The Morgan fingerprint density at radius 3 is 2.14 bits per heavy atom. The molecule has 1 aliphatic carbocycles. The third kappa shape index (κ3) is 6.99. The van der Waals surface area contributed by atoms with Gasteiger partial charge < -0.3 is 9.64 Å². The molecule has 2 N–H and O–H groups in total. The second-order valence-corrected chi connectivity index (χ2v) is 10.1. The van der Waals surface area contributed by atoms with E-state index in [0.717, 1.165) is 12.1 Å². The van der Waals surface area contributed by atoms with E-state index in [2.05, 4.69) is 10.9 Å². The number of alkyl halides is 3. The maximum Gasteiger partial charge on any atom is 0.416 e. The smallest absolute Gasteiger partial charge is 0.416 e. The number of carbonyl (C=O) groups excluding carboxylic acids is 3. The molecule has 194 valence electrons. The van der Waals surface area contributed by atoms with Crippen LogP contribution in [0, 0.1) is 5.41 Å². The quantitative estimate of drug-likeness (QED) is 0.557. The van der Waals surface area contributed by atoms with Gasteiger partial charge in [-0.05, 0) is 69.4 Å². The van der Waals surface area contributed by atoms with Crippen molar-refractivity contribution in [3.05, 3.63) is 70.8 Å². The van der Waals surface area contributed by atoms with Gasteiger partial charge in [-0.2, -0.15) is 13.2 Å². The van der Waals surface area contributed by atoms with E-state index in [4.69, 9.17) is 4.74 Å². The SMILES string of the molecule is CN(CC1(C(=O)NNC(=O)c2ccccc2Cc2ccc(C(F)(F)F)cc2)CC1)C(=O)OC(C)(C)C. The van der Waals surface area contributed by atoms with Crippen LogP contribution in [0.2, 0.25) is 0 Å². The number of amides is 3. The predicted octanol–water partition coefficient (Wildman–Crippen LogP) is 4.70. The standard InChI is InChI=1S/C26H30F3N3O4/c1-24(2,3)36-23(35)32(4)16-25(13-14-25)22(34)31-30-21(33)20-8-6-5-7-18(20)15-17-9-11-19(12-10-17)26(27,28)29/h5-12H,13-16H2,1-4H3,(H,30,33)(H,31,34). The van der Waals surface area contributed by atoms with Crippen molar-refractivity contribution in [1.82, 2.24) is 15.8 Å². The number of rotatable bonds is 6. The Labute approximate surface area is 208 Å². The summed E-state index contributed by atoms with van der Waals surface area (Å²) in [6.07, 6.45) is -3.60. The fourth-order valence-corrected chi connectivity index (χ4v) is 3.71. The number of halogens is 3. The van der Waals surface area contributed by atoms with E-state index in [1.807, 2.05) is 0 Å². The molecular formula is C26H30F3N3O4. The molecule has 1 aliphatic rings. The minimum atomic E-state index is -4.42. The van der Waals surface area contributed by atoms with Gasteiger partial charge in [-0.1, -0.05) is 30.3 Å². The molecule has 0 bridgehead atoms. The normalized spacial score (nSPS) is 14.5. The predicted molar refractivity (Wildman–Crippen MR) is 127 cm³/mol. The number of hydrogen-bond acceptors (Lipinski definition) is 4. The third-order valence-corrected chi connectivity index (χ3v) is 5.81. The van der Waals surface area contributed by atoms with E-state index >= 15 is 0 Å². The maximum atomic E-state index is 12.8. The lowest BCUT2D eigenvalue weighted by atomic mass is 9.98. The number of hydrogen-bond donors (Lipinski definition) is 2. The second kappa shape index (κ2) is 10.2. The van der Waals surface area contributed by atoms with Crippen LogP contribution in [-0.4, -0.2) is 42.0 Å². The molecule has 7 nitrogen and oxygen atoms in total. The molecule has 0 heterocycles. The maximum absolute atomic E-state index is 12.8. The lowest BCUT2D eigenvalue weighted by Crippen LogP contribution is -2.49. The van der Waals surface area contributed by atoms with Gasteiger partial charge >= 0.3 is 12.3 Å². The fourth-order valence-electron chi connectivity index (χ4n) is 3.71. The van der Waals surface area contributed by atoms with Gasteiger partial charge in [0.15, 0.2) is 0 Å².